The number of hydrogen-bond donors (Lipinski definition) is 2. The van der Waals surface area contributed by atoms with Gasteiger partial charge in [0.25, 0.3) is 5.91 Å². The molecule has 1 fully saturated rings. The summed E-state index contributed by atoms with van der Waals surface area (Å²) in [5.74, 6) is -1.58. The SMILES string of the molecule is CCC(NC(=O)C12CCC(=O)N1c1ccccc1S2)C(=O)O. The zero-order valence-electron chi connectivity index (χ0n) is 12.0. The Bertz CT molecular complexity index is 663. The molecule has 0 aliphatic carbocycles. The molecule has 2 aliphatic heterocycles. The molecule has 0 radical (unpaired) electrons. The van der Waals surface area contributed by atoms with Gasteiger partial charge in [0.05, 0.1) is 5.69 Å². The van der Waals surface area contributed by atoms with E-state index in [1.807, 2.05) is 24.3 Å². The van der Waals surface area contributed by atoms with Crippen LogP contribution in [0.1, 0.15) is 26.2 Å². The number of carboxylic acid groups (broad SMARTS) is 1. The van der Waals surface area contributed by atoms with Gasteiger partial charge in [0.2, 0.25) is 5.91 Å². The number of nitrogens with zero attached hydrogens (tertiary/aromatic N) is 1. The van der Waals surface area contributed by atoms with Crippen LogP contribution >= 0.6 is 11.8 Å². The summed E-state index contributed by atoms with van der Waals surface area (Å²) in [6.07, 6.45) is 0.967. The highest BCUT2D eigenvalue weighted by Gasteiger charge is 2.57. The van der Waals surface area contributed by atoms with Crippen LogP contribution < -0.4 is 10.2 Å². The minimum absolute atomic E-state index is 0.101. The molecule has 116 valence electrons. The highest BCUT2D eigenvalue weighted by Crippen LogP contribution is 2.55. The number of amides is 2. The second-order valence-corrected chi connectivity index (χ2v) is 6.68. The molecule has 2 heterocycles. The van der Waals surface area contributed by atoms with Crippen molar-refractivity contribution in [2.45, 2.75) is 42.0 Å². The maximum Gasteiger partial charge on any atom is 0.326 e. The number of carboxylic acids is 1. The molecule has 0 saturated carbocycles. The van der Waals surface area contributed by atoms with Gasteiger partial charge in [-0.2, -0.15) is 0 Å². The third kappa shape index (κ3) is 2.08. The van der Waals surface area contributed by atoms with E-state index in [4.69, 9.17) is 5.11 Å². The smallest absolute Gasteiger partial charge is 0.326 e. The van der Waals surface area contributed by atoms with Crippen LogP contribution in [0.2, 0.25) is 0 Å². The van der Waals surface area contributed by atoms with Crippen molar-refractivity contribution in [1.29, 1.82) is 0 Å². The molecule has 1 saturated heterocycles. The maximum absolute atomic E-state index is 12.7. The predicted molar refractivity (Wildman–Crippen MR) is 81.6 cm³/mol. The summed E-state index contributed by atoms with van der Waals surface area (Å²) in [5.41, 5.74) is 0.730. The first-order valence-electron chi connectivity index (χ1n) is 7.14. The van der Waals surface area contributed by atoms with E-state index in [1.54, 1.807) is 6.92 Å². The van der Waals surface area contributed by atoms with Crippen LogP contribution in [0.15, 0.2) is 29.2 Å². The van der Waals surface area contributed by atoms with E-state index in [1.165, 1.54) is 16.7 Å². The number of rotatable bonds is 4. The van der Waals surface area contributed by atoms with Gasteiger partial charge >= 0.3 is 5.97 Å². The normalized spacial score (nSPS) is 23.9. The van der Waals surface area contributed by atoms with Gasteiger partial charge in [-0.3, -0.25) is 14.5 Å². The Hall–Kier alpha value is -2.02. The number of benzene rings is 1. The Labute approximate surface area is 131 Å². The average molecular weight is 320 g/mol. The Kier molecular flexibility index (Phi) is 3.60. The molecule has 1 aromatic carbocycles. The molecule has 2 atom stereocenters. The molecular formula is C15H16N2O4S. The number of carbonyl (C=O) groups is 3. The van der Waals surface area contributed by atoms with Crippen LogP contribution in [-0.4, -0.2) is 33.8 Å². The predicted octanol–water partition coefficient (Wildman–Crippen LogP) is 1.59. The zero-order chi connectivity index (χ0) is 15.9. The van der Waals surface area contributed by atoms with Gasteiger partial charge in [-0.25, -0.2) is 4.79 Å². The molecule has 7 heteroatoms. The summed E-state index contributed by atoms with van der Waals surface area (Å²) in [7, 11) is 0. The molecular weight excluding hydrogens is 304 g/mol. The molecule has 2 amide bonds. The minimum atomic E-state index is -1.07. The molecule has 0 spiro atoms. The van der Waals surface area contributed by atoms with Crippen molar-refractivity contribution in [1.82, 2.24) is 5.32 Å². The molecule has 0 aromatic heterocycles. The summed E-state index contributed by atoms with van der Waals surface area (Å²) >= 11 is 1.33. The van der Waals surface area contributed by atoms with Gasteiger partial charge in [0, 0.05) is 11.3 Å². The fraction of sp³-hybridized carbons (Fsp3) is 0.400. The maximum atomic E-state index is 12.7. The summed E-state index contributed by atoms with van der Waals surface area (Å²) < 4.78 is 0. The van der Waals surface area contributed by atoms with E-state index >= 15 is 0 Å². The molecule has 22 heavy (non-hydrogen) atoms. The van der Waals surface area contributed by atoms with E-state index in [0.717, 1.165) is 10.6 Å². The lowest BCUT2D eigenvalue weighted by atomic mass is 10.1. The second kappa shape index (κ2) is 5.31. The first kappa shape index (κ1) is 14.9. The first-order chi connectivity index (χ1) is 10.5. The quantitative estimate of drug-likeness (QED) is 0.880. The van der Waals surface area contributed by atoms with Gasteiger partial charge < -0.3 is 10.4 Å². The number of nitrogens with one attached hydrogen (secondary N) is 1. The van der Waals surface area contributed by atoms with Gasteiger partial charge in [0.15, 0.2) is 4.87 Å². The van der Waals surface area contributed by atoms with Crippen molar-refractivity contribution in [3.05, 3.63) is 24.3 Å². The average Bonchev–Trinajstić information content (AvgIpc) is 3.00. The van der Waals surface area contributed by atoms with E-state index in [-0.39, 0.29) is 5.91 Å². The lowest BCUT2D eigenvalue weighted by Gasteiger charge is -2.30. The third-order valence-corrected chi connectivity index (χ3v) is 5.51. The fourth-order valence-electron chi connectivity index (χ4n) is 2.91. The number of carbonyl (C=O) groups excluding carboxylic acids is 2. The molecule has 2 aliphatic rings. The van der Waals surface area contributed by atoms with Crippen LogP contribution in [0.4, 0.5) is 5.69 Å². The minimum Gasteiger partial charge on any atom is -0.480 e. The Morgan fingerprint density at radius 2 is 2.18 bits per heavy atom. The van der Waals surface area contributed by atoms with E-state index in [9.17, 15) is 14.4 Å². The number of anilines is 1. The van der Waals surface area contributed by atoms with Crippen LogP contribution in [0.3, 0.4) is 0 Å². The highest BCUT2D eigenvalue weighted by molar-refractivity contribution is 8.02. The molecule has 0 bridgehead atoms. The molecule has 2 N–H and O–H groups in total. The van der Waals surface area contributed by atoms with Gasteiger partial charge in [0.1, 0.15) is 6.04 Å². The number of fused-ring (bicyclic) bond motifs is 3. The second-order valence-electron chi connectivity index (χ2n) is 5.36. The summed E-state index contributed by atoms with van der Waals surface area (Å²) in [5, 5.41) is 11.7. The topological polar surface area (TPSA) is 86.7 Å². The standard InChI is InChI=1S/C15H16N2O4S/c1-2-9(13(19)20)16-14(21)15-8-7-12(18)17(15)10-5-3-4-6-11(10)22-15/h3-6,9H,2,7-8H2,1H3,(H,16,21)(H,19,20). The van der Waals surface area contributed by atoms with Crippen molar-refractivity contribution in [2.75, 3.05) is 4.90 Å². The van der Waals surface area contributed by atoms with Gasteiger partial charge in [-0.1, -0.05) is 30.8 Å². The van der Waals surface area contributed by atoms with Crippen molar-refractivity contribution >= 4 is 35.2 Å². The molecule has 3 rings (SSSR count). The third-order valence-electron chi connectivity index (χ3n) is 4.04. The highest BCUT2D eigenvalue weighted by atomic mass is 32.2. The lowest BCUT2D eigenvalue weighted by molar-refractivity contribution is -0.142. The largest absolute Gasteiger partial charge is 0.480 e. The van der Waals surface area contributed by atoms with Crippen molar-refractivity contribution in [3.8, 4) is 0 Å². The molecule has 6 nitrogen and oxygen atoms in total. The van der Waals surface area contributed by atoms with Crippen LogP contribution in [-0.2, 0) is 14.4 Å². The van der Waals surface area contributed by atoms with Gasteiger partial charge in [-0.15, -0.1) is 0 Å². The zero-order valence-corrected chi connectivity index (χ0v) is 12.9. The number of hydrogen-bond acceptors (Lipinski definition) is 4. The number of thioether (sulfide) groups is 1. The lowest BCUT2D eigenvalue weighted by Crippen LogP contribution is -2.55. The van der Waals surface area contributed by atoms with E-state index < -0.39 is 22.8 Å². The van der Waals surface area contributed by atoms with Crippen LogP contribution in [0.25, 0.3) is 0 Å². The summed E-state index contributed by atoms with van der Waals surface area (Å²) in [4.78, 5) is 37.5. The molecule has 1 aromatic rings. The first-order valence-corrected chi connectivity index (χ1v) is 7.96. The summed E-state index contributed by atoms with van der Waals surface area (Å²) in [6.45, 7) is 1.70. The van der Waals surface area contributed by atoms with Crippen LogP contribution in [0.5, 0.6) is 0 Å². The molecule has 2 unspecified atom stereocenters. The Morgan fingerprint density at radius 1 is 1.45 bits per heavy atom. The van der Waals surface area contributed by atoms with E-state index in [2.05, 4.69) is 5.32 Å². The van der Waals surface area contributed by atoms with Gasteiger partial charge in [-0.05, 0) is 25.0 Å². The van der Waals surface area contributed by atoms with Crippen molar-refractivity contribution < 1.29 is 19.5 Å². The number of para-hydroxylation sites is 1. The summed E-state index contributed by atoms with van der Waals surface area (Å²) in [6, 6.07) is 6.43. The monoisotopic (exact) mass is 320 g/mol. The van der Waals surface area contributed by atoms with Crippen molar-refractivity contribution in [2.24, 2.45) is 0 Å². The Balaban J connectivity index is 1.94. The number of aliphatic carboxylic acids is 1. The Morgan fingerprint density at radius 3 is 2.86 bits per heavy atom. The van der Waals surface area contributed by atoms with Crippen molar-refractivity contribution in [3.63, 3.8) is 0 Å². The fourth-order valence-corrected chi connectivity index (χ4v) is 4.33. The van der Waals surface area contributed by atoms with Crippen LogP contribution in [0, 0.1) is 0 Å². The van der Waals surface area contributed by atoms with E-state index in [0.29, 0.717) is 19.3 Å².